The maximum atomic E-state index is 8.70. The highest BCUT2D eigenvalue weighted by molar-refractivity contribution is 5.89. The minimum absolute atomic E-state index is 0.629. The van der Waals surface area contributed by atoms with Crippen LogP contribution >= 0.6 is 0 Å². The largest absolute Gasteiger partial charge is 0.252 e. The molecule has 20 heavy (non-hydrogen) atoms. The third-order valence-corrected chi connectivity index (χ3v) is 3.13. The van der Waals surface area contributed by atoms with Gasteiger partial charge in [0.15, 0.2) is 0 Å². The molecule has 0 saturated heterocycles. The van der Waals surface area contributed by atoms with Crippen LogP contribution < -0.4 is 0 Å². The average Bonchev–Trinajstić information content (AvgIpc) is 2.49. The molecule has 0 aliphatic rings. The van der Waals surface area contributed by atoms with E-state index >= 15 is 0 Å². The van der Waals surface area contributed by atoms with Crippen LogP contribution in [0.25, 0.3) is 21.3 Å². The van der Waals surface area contributed by atoms with Gasteiger partial charge >= 0.3 is 0 Å². The van der Waals surface area contributed by atoms with Gasteiger partial charge in [-0.25, -0.2) is 0 Å². The van der Waals surface area contributed by atoms with Gasteiger partial charge in [0.05, 0.1) is 5.52 Å². The summed E-state index contributed by atoms with van der Waals surface area (Å²) < 4.78 is 0. The van der Waals surface area contributed by atoms with Crippen molar-refractivity contribution in [2.24, 2.45) is 5.11 Å². The summed E-state index contributed by atoms with van der Waals surface area (Å²) in [7, 11) is 0. The number of pyridine rings is 1. The minimum Gasteiger partial charge on any atom is -0.252 e. The molecule has 0 atom stereocenters. The Morgan fingerprint density at radius 3 is 2.55 bits per heavy atom. The van der Waals surface area contributed by atoms with Crippen LogP contribution in [0.1, 0.15) is 11.3 Å². The lowest BCUT2D eigenvalue weighted by Gasteiger charge is -2.06. The zero-order chi connectivity index (χ0) is 13.8. The van der Waals surface area contributed by atoms with Crippen molar-refractivity contribution in [3.8, 4) is 0 Å². The van der Waals surface area contributed by atoms with Crippen LogP contribution in [0.4, 0.5) is 5.69 Å². The lowest BCUT2D eigenvalue weighted by Crippen LogP contribution is -1.92. The summed E-state index contributed by atoms with van der Waals surface area (Å²) in [6, 6.07) is 19.7. The summed E-state index contributed by atoms with van der Waals surface area (Å²) in [6.07, 6.45) is 0.722. The number of hydrogen-bond acceptors (Lipinski definition) is 2. The predicted octanol–water partition coefficient (Wildman–Crippen LogP) is 4.77. The van der Waals surface area contributed by atoms with Gasteiger partial charge < -0.3 is 0 Å². The average molecular weight is 260 g/mol. The monoisotopic (exact) mass is 260 g/mol. The van der Waals surface area contributed by atoms with Gasteiger partial charge in [-0.3, -0.25) is 4.98 Å². The maximum absolute atomic E-state index is 8.70. The second kappa shape index (κ2) is 5.43. The van der Waals surface area contributed by atoms with E-state index in [2.05, 4.69) is 27.1 Å². The van der Waals surface area contributed by atoms with Crippen molar-refractivity contribution in [1.82, 2.24) is 4.98 Å². The third-order valence-electron chi connectivity index (χ3n) is 3.13. The summed E-state index contributed by atoms with van der Waals surface area (Å²) in [6.45, 7) is 0. The van der Waals surface area contributed by atoms with E-state index in [-0.39, 0.29) is 0 Å². The molecule has 0 amide bonds. The second-order valence-electron chi connectivity index (χ2n) is 4.50. The number of fused-ring (bicyclic) bond motifs is 1. The number of rotatable bonds is 3. The number of nitrogens with zero attached hydrogens (tertiary/aromatic N) is 4. The van der Waals surface area contributed by atoms with Crippen LogP contribution in [0.2, 0.25) is 0 Å². The molecule has 1 aromatic heterocycles. The molecule has 0 fully saturated rings. The molecule has 0 aliphatic carbocycles. The zero-order valence-corrected chi connectivity index (χ0v) is 10.8. The fraction of sp³-hybridized carbons (Fsp3) is 0.0625. The Balaban J connectivity index is 2.10. The highest BCUT2D eigenvalue weighted by Gasteiger charge is 2.05. The van der Waals surface area contributed by atoms with E-state index < -0.39 is 0 Å². The fourth-order valence-electron chi connectivity index (χ4n) is 2.24. The van der Waals surface area contributed by atoms with Crippen molar-refractivity contribution < 1.29 is 0 Å². The molecule has 96 valence electrons. The Morgan fingerprint density at radius 1 is 1.00 bits per heavy atom. The second-order valence-corrected chi connectivity index (χ2v) is 4.50. The summed E-state index contributed by atoms with van der Waals surface area (Å²) in [4.78, 5) is 7.53. The Labute approximate surface area is 116 Å². The van der Waals surface area contributed by atoms with Crippen molar-refractivity contribution in [2.75, 3.05) is 0 Å². The van der Waals surface area contributed by atoms with E-state index in [4.69, 9.17) is 5.53 Å². The molecular weight excluding hydrogens is 248 g/mol. The molecule has 3 rings (SSSR count). The van der Waals surface area contributed by atoms with Crippen LogP contribution in [0.15, 0.2) is 65.8 Å². The highest BCUT2D eigenvalue weighted by atomic mass is 15.1. The van der Waals surface area contributed by atoms with E-state index in [0.29, 0.717) is 5.69 Å². The van der Waals surface area contributed by atoms with E-state index in [1.807, 2.05) is 48.5 Å². The van der Waals surface area contributed by atoms with E-state index in [1.165, 1.54) is 5.56 Å². The number of aromatic nitrogens is 1. The van der Waals surface area contributed by atoms with Crippen LogP contribution in [-0.2, 0) is 6.42 Å². The lowest BCUT2D eigenvalue weighted by atomic mass is 10.1. The first-order valence-corrected chi connectivity index (χ1v) is 6.34. The summed E-state index contributed by atoms with van der Waals surface area (Å²) >= 11 is 0. The van der Waals surface area contributed by atoms with Gasteiger partial charge in [-0.2, -0.15) is 0 Å². The quantitative estimate of drug-likeness (QED) is 0.380. The molecule has 0 saturated carbocycles. The Kier molecular flexibility index (Phi) is 3.31. The van der Waals surface area contributed by atoms with E-state index in [1.54, 1.807) is 0 Å². The van der Waals surface area contributed by atoms with Gasteiger partial charge in [-0.15, -0.1) is 0 Å². The number of benzene rings is 2. The Bertz CT molecular complexity index is 790. The van der Waals surface area contributed by atoms with Gasteiger partial charge in [0, 0.05) is 28.1 Å². The van der Waals surface area contributed by atoms with Crippen LogP contribution in [-0.4, -0.2) is 4.98 Å². The normalized spacial score (nSPS) is 10.2. The molecule has 4 heteroatoms. The van der Waals surface area contributed by atoms with Crippen molar-refractivity contribution >= 4 is 16.6 Å². The molecule has 0 radical (unpaired) electrons. The summed E-state index contributed by atoms with van der Waals surface area (Å²) in [5.74, 6) is 0. The molecule has 1 heterocycles. The highest BCUT2D eigenvalue weighted by Crippen LogP contribution is 2.26. The summed E-state index contributed by atoms with van der Waals surface area (Å²) in [5.41, 5.74) is 12.3. The molecule has 3 aromatic rings. The third kappa shape index (κ3) is 2.46. The molecule has 4 nitrogen and oxygen atoms in total. The molecule has 0 spiro atoms. The van der Waals surface area contributed by atoms with Gasteiger partial charge in [-0.1, -0.05) is 53.6 Å². The van der Waals surface area contributed by atoms with Gasteiger partial charge in [0.1, 0.15) is 0 Å². The van der Waals surface area contributed by atoms with Gasteiger partial charge in [0.25, 0.3) is 0 Å². The number of para-hydroxylation sites is 1. The van der Waals surface area contributed by atoms with Gasteiger partial charge in [0.2, 0.25) is 0 Å². The van der Waals surface area contributed by atoms with Gasteiger partial charge in [-0.05, 0) is 23.2 Å². The van der Waals surface area contributed by atoms with Crippen LogP contribution in [0.3, 0.4) is 0 Å². The van der Waals surface area contributed by atoms with Crippen molar-refractivity contribution in [2.45, 2.75) is 6.42 Å². The standard InChI is InChI=1S/C16H12N4/c17-20-19-16-11-13(10-12-6-2-1-3-7-12)18-15-9-5-4-8-14(15)16/h1-9,11H,10H2. The summed E-state index contributed by atoms with van der Waals surface area (Å²) in [5, 5.41) is 4.65. The molecule has 0 bridgehead atoms. The Hall–Kier alpha value is -2.84. The zero-order valence-electron chi connectivity index (χ0n) is 10.8. The molecule has 2 aromatic carbocycles. The molecule has 0 N–H and O–H groups in total. The Morgan fingerprint density at radius 2 is 1.75 bits per heavy atom. The fourth-order valence-corrected chi connectivity index (χ4v) is 2.24. The molecular formula is C16H12N4. The predicted molar refractivity (Wildman–Crippen MR) is 79.8 cm³/mol. The van der Waals surface area contributed by atoms with Crippen LogP contribution in [0, 0.1) is 0 Å². The molecule has 0 unspecified atom stereocenters. The number of hydrogen-bond donors (Lipinski definition) is 0. The number of azide groups is 1. The maximum Gasteiger partial charge on any atom is 0.0710 e. The topological polar surface area (TPSA) is 61.7 Å². The smallest absolute Gasteiger partial charge is 0.0710 e. The minimum atomic E-state index is 0.629. The first-order valence-electron chi connectivity index (χ1n) is 6.34. The first-order chi connectivity index (χ1) is 9.86. The van der Waals surface area contributed by atoms with Crippen molar-refractivity contribution in [1.29, 1.82) is 0 Å². The SMILES string of the molecule is [N-]=[N+]=Nc1cc(Cc2ccccc2)nc2ccccc12. The van der Waals surface area contributed by atoms with Crippen molar-refractivity contribution in [3.05, 3.63) is 82.4 Å². The van der Waals surface area contributed by atoms with E-state index in [0.717, 1.165) is 23.0 Å². The molecule has 0 aliphatic heterocycles. The van der Waals surface area contributed by atoms with E-state index in [9.17, 15) is 0 Å². The first kappa shape index (κ1) is 12.2. The van der Waals surface area contributed by atoms with Crippen LogP contribution in [0.5, 0.6) is 0 Å². The van der Waals surface area contributed by atoms with Crippen molar-refractivity contribution in [3.63, 3.8) is 0 Å². The lowest BCUT2D eigenvalue weighted by molar-refractivity contribution is 1.10.